The smallest absolute Gasteiger partial charge is 0.191 e. The maximum atomic E-state index is 12.2. The summed E-state index contributed by atoms with van der Waals surface area (Å²) >= 11 is 0. The third kappa shape index (κ3) is 4.10. The lowest BCUT2D eigenvalue weighted by Crippen LogP contribution is -2.22. The van der Waals surface area contributed by atoms with Gasteiger partial charge in [0.1, 0.15) is 12.4 Å². The summed E-state index contributed by atoms with van der Waals surface area (Å²) in [6.45, 7) is 2.75. The van der Waals surface area contributed by atoms with E-state index in [2.05, 4.69) is 4.98 Å². The fraction of sp³-hybridized carbons (Fsp3) is 0.471. The number of ether oxygens (including phenoxy) is 4. The lowest BCUT2D eigenvalue weighted by atomic mass is 10.1. The topological polar surface area (TPSA) is 69.8 Å². The van der Waals surface area contributed by atoms with Gasteiger partial charge in [-0.3, -0.25) is 4.79 Å². The molecule has 0 fully saturated rings. The lowest BCUT2D eigenvalue weighted by Gasteiger charge is -2.16. The molecule has 0 aliphatic carbocycles. The van der Waals surface area contributed by atoms with E-state index in [9.17, 15) is 4.79 Å². The highest BCUT2D eigenvalue weighted by atomic mass is 16.7. The Balaban J connectivity index is 2.34. The average molecular weight is 321 g/mol. The van der Waals surface area contributed by atoms with Crippen LogP contribution < -0.4 is 10.2 Å². The molecule has 23 heavy (non-hydrogen) atoms. The summed E-state index contributed by atoms with van der Waals surface area (Å²) in [6, 6.07) is 5.18. The first-order valence-corrected chi connectivity index (χ1v) is 7.43. The van der Waals surface area contributed by atoms with E-state index in [1.54, 1.807) is 39.5 Å². The van der Waals surface area contributed by atoms with Crippen molar-refractivity contribution in [1.82, 2.24) is 4.98 Å². The fourth-order valence-corrected chi connectivity index (χ4v) is 2.38. The molecule has 0 saturated carbocycles. The van der Waals surface area contributed by atoms with Gasteiger partial charge in [0.25, 0.3) is 0 Å². The number of pyridine rings is 1. The number of benzene rings is 1. The zero-order valence-corrected chi connectivity index (χ0v) is 14.0. The molecule has 0 aliphatic rings. The zero-order valence-electron chi connectivity index (χ0n) is 14.0. The first-order chi connectivity index (χ1) is 11.1. The van der Waals surface area contributed by atoms with Gasteiger partial charge in [-0.2, -0.15) is 0 Å². The number of hydrogen-bond acceptors (Lipinski definition) is 5. The van der Waals surface area contributed by atoms with Crippen molar-refractivity contribution in [3.05, 3.63) is 39.7 Å². The van der Waals surface area contributed by atoms with Gasteiger partial charge >= 0.3 is 0 Å². The van der Waals surface area contributed by atoms with E-state index < -0.39 is 6.29 Å². The van der Waals surface area contributed by atoms with Crippen LogP contribution in [0.25, 0.3) is 10.9 Å². The summed E-state index contributed by atoms with van der Waals surface area (Å²) in [5.41, 5.74) is 2.50. The van der Waals surface area contributed by atoms with Crippen LogP contribution in [-0.4, -0.2) is 45.8 Å². The summed E-state index contributed by atoms with van der Waals surface area (Å²) in [6.07, 6.45) is 0.221. The number of methoxy groups -OCH3 is 3. The average Bonchev–Trinajstić information content (AvgIpc) is 2.56. The molecule has 0 aliphatic heterocycles. The molecule has 6 nitrogen and oxygen atoms in total. The van der Waals surface area contributed by atoms with E-state index in [0.717, 1.165) is 16.8 Å². The van der Waals surface area contributed by atoms with Crippen molar-refractivity contribution in [2.75, 3.05) is 34.5 Å². The van der Waals surface area contributed by atoms with Gasteiger partial charge < -0.3 is 23.9 Å². The van der Waals surface area contributed by atoms with Crippen molar-refractivity contribution < 1.29 is 18.9 Å². The molecule has 0 bridgehead atoms. The van der Waals surface area contributed by atoms with Crippen molar-refractivity contribution >= 4 is 10.9 Å². The molecule has 1 heterocycles. The number of aromatic amines is 1. The second kappa shape index (κ2) is 8.10. The van der Waals surface area contributed by atoms with E-state index in [1.165, 1.54) is 0 Å². The normalized spacial score (nSPS) is 11.3. The molecule has 0 unspecified atom stereocenters. The van der Waals surface area contributed by atoms with Crippen molar-refractivity contribution in [2.45, 2.75) is 19.6 Å². The van der Waals surface area contributed by atoms with Gasteiger partial charge in [-0.1, -0.05) is 0 Å². The summed E-state index contributed by atoms with van der Waals surface area (Å²) < 4.78 is 21.0. The molecule has 0 saturated heterocycles. The van der Waals surface area contributed by atoms with Gasteiger partial charge in [-0.15, -0.1) is 0 Å². The van der Waals surface area contributed by atoms with Gasteiger partial charge in [0, 0.05) is 50.5 Å². The Kier molecular flexibility index (Phi) is 6.15. The van der Waals surface area contributed by atoms with Gasteiger partial charge in [0.15, 0.2) is 11.7 Å². The van der Waals surface area contributed by atoms with Gasteiger partial charge in [0.2, 0.25) is 0 Å². The van der Waals surface area contributed by atoms with Crippen molar-refractivity contribution in [1.29, 1.82) is 0 Å². The second-order valence-corrected chi connectivity index (χ2v) is 5.22. The van der Waals surface area contributed by atoms with Crippen LogP contribution in [0.1, 0.15) is 11.3 Å². The monoisotopic (exact) mass is 321 g/mol. The van der Waals surface area contributed by atoms with Gasteiger partial charge in [0.05, 0.1) is 12.1 Å². The second-order valence-electron chi connectivity index (χ2n) is 5.22. The minimum absolute atomic E-state index is 0.00818. The minimum atomic E-state index is -0.433. The number of H-pyrrole nitrogens is 1. The molecule has 1 N–H and O–H groups in total. The minimum Gasteiger partial charge on any atom is -0.488 e. The van der Waals surface area contributed by atoms with E-state index in [0.29, 0.717) is 24.2 Å². The largest absolute Gasteiger partial charge is 0.488 e. The van der Waals surface area contributed by atoms with Gasteiger partial charge in [-0.25, -0.2) is 0 Å². The maximum Gasteiger partial charge on any atom is 0.191 e. The van der Waals surface area contributed by atoms with Crippen LogP contribution in [0.5, 0.6) is 5.75 Å². The number of aryl methyl sites for hydroxylation is 1. The van der Waals surface area contributed by atoms with Crippen LogP contribution in [0.4, 0.5) is 0 Å². The number of nitrogens with one attached hydrogen (secondary N) is 1. The van der Waals surface area contributed by atoms with Crippen LogP contribution >= 0.6 is 0 Å². The Morgan fingerprint density at radius 1 is 1.17 bits per heavy atom. The molecular weight excluding hydrogens is 298 g/mol. The Bertz CT molecular complexity index is 706. The summed E-state index contributed by atoms with van der Waals surface area (Å²) in [5.74, 6) is 0.691. The van der Waals surface area contributed by atoms with E-state index in [-0.39, 0.29) is 12.0 Å². The zero-order chi connectivity index (χ0) is 16.8. The van der Waals surface area contributed by atoms with Crippen molar-refractivity contribution in [2.24, 2.45) is 0 Å². The molecule has 0 atom stereocenters. The lowest BCUT2D eigenvalue weighted by molar-refractivity contribution is -0.122. The maximum absolute atomic E-state index is 12.2. The molecule has 0 spiro atoms. The number of fused-ring (bicyclic) bond motifs is 1. The predicted molar refractivity (Wildman–Crippen MR) is 88.2 cm³/mol. The van der Waals surface area contributed by atoms with Crippen LogP contribution in [0.3, 0.4) is 0 Å². The predicted octanol–water partition coefficient (Wildman–Crippen LogP) is 2.02. The van der Waals surface area contributed by atoms with Crippen molar-refractivity contribution in [3.8, 4) is 5.75 Å². The van der Waals surface area contributed by atoms with Crippen LogP contribution in [0, 0.1) is 6.92 Å². The van der Waals surface area contributed by atoms with Crippen LogP contribution in [0.15, 0.2) is 23.0 Å². The van der Waals surface area contributed by atoms with Crippen molar-refractivity contribution in [3.63, 3.8) is 0 Å². The fourth-order valence-electron chi connectivity index (χ4n) is 2.38. The Morgan fingerprint density at radius 2 is 1.91 bits per heavy atom. The number of hydrogen-bond donors (Lipinski definition) is 1. The summed E-state index contributed by atoms with van der Waals surface area (Å²) in [7, 11) is 4.76. The third-order valence-electron chi connectivity index (χ3n) is 3.75. The number of aromatic nitrogens is 1. The van der Waals surface area contributed by atoms with E-state index in [1.807, 2.05) is 6.92 Å². The molecule has 2 aromatic rings. The van der Waals surface area contributed by atoms with Crippen LogP contribution in [-0.2, 0) is 20.6 Å². The number of rotatable bonds is 8. The summed E-state index contributed by atoms with van der Waals surface area (Å²) in [5, 5.41) is 0.644. The first-order valence-electron chi connectivity index (χ1n) is 7.43. The van der Waals surface area contributed by atoms with Gasteiger partial charge in [-0.05, 0) is 19.1 Å². The molecule has 6 heteroatoms. The highest BCUT2D eigenvalue weighted by Crippen LogP contribution is 2.25. The Hall–Kier alpha value is -1.89. The Labute approximate surface area is 135 Å². The standard InChI is InChI=1S/C17H23NO5/c1-11-15(23-10-16(21-3)22-4)6-5-13-14(19)9-12(7-8-20-2)18-17(11)13/h5-6,9,16H,7-8,10H2,1-4H3,(H,18,19). The SMILES string of the molecule is COCCc1cc(=O)c2ccc(OCC(OC)OC)c(C)c2[nH]1. The highest BCUT2D eigenvalue weighted by Gasteiger charge is 2.12. The third-order valence-corrected chi connectivity index (χ3v) is 3.75. The van der Waals surface area contributed by atoms with E-state index in [4.69, 9.17) is 18.9 Å². The summed E-state index contributed by atoms with van der Waals surface area (Å²) in [4.78, 5) is 15.5. The van der Waals surface area contributed by atoms with Crippen LogP contribution in [0.2, 0.25) is 0 Å². The quantitative estimate of drug-likeness (QED) is 0.753. The first kappa shape index (κ1) is 17.5. The van der Waals surface area contributed by atoms with E-state index >= 15 is 0 Å². The molecule has 126 valence electrons. The molecule has 0 amide bonds. The molecule has 2 rings (SSSR count). The Morgan fingerprint density at radius 3 is 2.57 bits per heavy atom. The molecular formula is C17H23NO5. The molecule has 1 aromatic heterocycles. The molecule has 0 radical (unpaired) electrons. The highest BCUT2D eigenvalue weighted by molar-refractivity contribution is 5.83. The molecule has 1 aromatic carbocycles.